The molecule has 2 N–H and O–H groups in total. The molecule has 0 bridgehead atoms. The van der Waals surface area contributed by atoms with Crippen molar-refractivity contribution in [2.45, 2.75) is 51.1 Å². The standard InChI is InChI=1S/C18H21F3N2O/c19-18(20,21)16-11-13-10-14(7-8-15(13)23-16)22-17(24)9-6-12-4-2-1-3-5-12/h7-8,10-12,23H,1-6,9H2,(H,22,24). The van der Waals surface area contributed by atoms with E-state index in [9.17, 15) is 18.0 Å². The summed E-state index contributed by atoms with van der Waals surface area (Å²) in [6.07, 6.45) is 3.13. The number of benzene rings is 1. The molecule has 1 saturated carbocycles. The molecule has 1 aliphatic rings. The van der Waals surface area contributed by atoms with Gasteiger partial charge in [-0.1, -0.05) is 32.1 Å². The minimum absolute atomic E-state index is 0.0773. The summed E-state index contributed by atoms with van der Waals surface area (Å²) < 4.78 is 38.1. The van der Waals surface area contributed by atoms with Gasteiger partial charge in [0.05, 0.1) is 0 Å². The molecule has 1 aromatic carbocycles. The Morgan fingerprint density at radius 2 is 1.92 bits per heavy atom. The van der Waals surface area contributed by atoms with Gasteiger partial charge in [-0.15, -0.1) is 0 Å². The zero-order valence-electron chi connectivity index (χ0n) is 13.4. The fourth-order valence-electron chi connectivity index (χ4n) is 3.40. The normalized spacial score (nSPS) is 16.5. The Morgan fingerprint density at radius 1 is 1.17 bits per heavy atom. The molecule has 1 heterocycles. The van der Waals surface area contributed by atoms with Crippen molar-refractivity contribution in [2.24, 2.45) is 5.92 Å². The summed E-state index contributed by atoms with van der Waals surface area (Å²) in [7, 11) is 0. The van der Waals surface area contributed by atoms with E-state index in [2.05, 4.69) is 10.3 Å². The number of nitrogens with one attached hydrogen (secondary N) is 2. The summed E-state index contributed by atoms with van der Waals surface area (Å²) in [5.74, 6) is 0.553. The van der Waals surface area contributed by atoms with E-state index in [0.717, 1.165) is 12.5 Å². The van der Waals surface area contributed by atoms with Crippen molar-refractivity contribution in [3.8, 4) is 0 Å². The summed E-state index contributed by atoms with van der Waals surface area (Å²) >= 11 is 0. The van der Waals surface area contributed by atoms with E-state index in [-0.39, 0.29) is 5.91 Å². The molecule has 3 rings (SSSR count). The van der Waals surface area contributed by atoms with Crippen LogP contribution in [0.4, 0.5) is 18.9 Å². The zero-order valence-corrected chi connectivity index (χ0v) is 13.4. The predicted octanol–water partition coefficient (Wildman–Crippen LogP) is 5.49. The molecule has 0 aliphatic heterocycles. The van der Waals surface area contributed by atoms with Crippen molar-refractivity contribution >= 4 is 22.5 Å². The van der Waals surface area contributed by atoms with Gasteiger partial charge in [-0.2, -0.15) is 13.2 Å². The minimum Gasteiger partial charge on any atom is -0.351 e. The van der Waals surface area contributed by atoms with Crippen LogP contribution in [0.3, 0.4) is 0 Å². The number of rotatable bonds is 4. The number of amides is 1. The molecule has 24 heavy (non-hydrogen) atoms. The Labute approximate surface area is 138 Å². The Kier molecular flexibility index (Phi) is 4.83. The quantitative estimate of drug-likeness (QED) is 0.761. The summed E-state index contributed by atoms with van der Waals surface area (Å²) in [5.41, 5.74) is 0.157. The highest BCUT2D eigenvalue weighted by Gasteiger charge is 2.32. The van der Waals surface area contributed by atoms with Crippen molar-refractivity contribution in [3.63, 3.8) is 0 Å². The maximum Gasteiger partial charge on any atom is 0.431 e. The number of carbonyl (C=O) groups excluding carboxylic acids is 1. The van der Waals surface area contributed by atoms with Crippen LogP contribution in [0.25, 0.3) is 10.9 Å². The first kappa shape index (κ1) is 16.9. The van der Waals surface area contributed by atoms with Crippen molar-refractivity contribution in [3.05, 3.63) is 30.0 Å². The third kappa shape index (κ3) is 4.10. The second-order valence-corrected chi connectivity index (χ2v) is 6.57. The van der Waals surface area contributed by atoms with Crippen LogP contribution in [-0.2, 0) is 11.0 Å². The van der Waals surface area contributed by atoms with E-state index in [1.807, 2.05) is 0 Å². The molecule has 1 aliphatic carbocycles. The lowest BCUT2D eigenvalue weighted by Gasteiger charge is -2.20. The van der Waals surface area contributed by atoms with E-state index in [1.165, 1.54) is 32.1 Å². The number of aromatic nitrogens is 1. The van der Waals surface area contributed by atoms with Gasteiger partial charge in [0.1, 0.15) is 5.69 Å². The molecule has 130 valence electrons. The Balaban J connectivity index is 1.61. The van der Waals surface area contributed by atoms with E-state index in [4.69, 9.17) is 0 Å². The number of fused-ring (bicyclic) bond motifs is 1. The van der Waals surface area contributed by atoms with Gasteiger partial charge in [-0.3, -0.25) is 4.79 Å². The van der Waals surface area contributed by atoms with Gasteiger partial charge in [-0.25, -0.2) is 0 Å². The molecule has 0 atom stereocenters. The molecule has 3 nitrogen and oxygen atoms in total. The lowest BCUT2D eigenvalue weighted by molar-refractivity contribution is -0.140. The highest BCUT2D eigenvalue weighted by atomic mass is 19.4. The van der Waals surface area contributed by atoms with Crippen LogP contribution in [-0.4, -0.2) is 10.9 Å². The monoisotopic (exact) mass is 338 g/mol. The van der Waals surface area contributed by atoms with Gasteiger partial charge in [0.15, 0.2) is 0 Å². The van der Waals surface area contributed by atoms with Crippen LogP contribution in [0, 0.1) is 5.92 Å². The van der Waals surface area contributed by atoms with Crippen molar-refractivity contribution in [1.29, 1.82) is 0 Å². The summed E-state index contributed by atoms with van der Waals surface area (Å²) in [4.78, 5) is 14.4. The highest BCUT2D eigenvalue weighted by Crippen LogP contribution is 2.32. The van der Waals surface area contributed by atoms with Crippen LogP contribution < -0.4 is 5.32 Å². The SMILES string of the molecule is O=C(CCC1CCCCC1)Nc1ccc2[nH]c(C(F)(F)F)cc2c1. The third-order valence-electron chi connectivity index (χ3n) is 4.71. The van der Waals surface area contributed by atoms with E-state index >= 15 is 0 Å². The molecule has 0 unspecified atom stereocenters. The summed E-state index contributed by atoms with van der Waals surface area (Å²) in [6.45, 7) is 0. The molecular weight excluding hydrogens is 317 g/mol. The lowest BCUT2D eigenvalue weighted by atomic mass is 9.86. The van der Waals surface area contributed by atoms with Gasteiger partial charge in [0.25, 0.3) is 0 Å². The molecule has 0 spiro atoms. The van der Waals surface area contributed by atoms with Gasteiger partial charge < -0.3 is 10.3 Å². The first-order valence-electron chi connectivity index (χ1n) is 8.41. The van der Waals surface area contributed by atoms with Gasteiger partial charge in [0, 0.05) is 23.0 Å². The maximum atomic E-state index is 12.7. The number of H-pyrrole nitrogens is 1. The van der Waals surface area contributed by atoms with Crippen molar-refractivity contribution in [1.82, 2.24) is 4.98 Å². The second-order valence-electron chi connectivity index (χ2n) is 6.57. The average Bonchev–Trinajstić information content (AvgIpc) is 2.97. The predicted molar refractivity (Wildman–Crippen MR) is 87.7 cm³/mol. The summed E-state index contributed by atoms with van der Waals surface area (Å²) in [5, 5.41) is 3.22. The molecule has 0 radical (unpaired) electrons. The molecule has 1 amide bonds. The Hall–Kier alpha value is -1.98. The van der Waals surface area contributed by atoms with Crippen LogP contribution >= 0.6 is 0 Å². The minimum atomic E-state index is -4.40. The van der Waals surface area contributed by atoms with Gasteiger partial charge in [-0.05, 0) is 36.6 Å². The Bertz CT molecular complexity index is 715. The average molecular weight is 338 g/mol. The number of carbonyl (C=O) groups is 1. The lowest BCUT2D eigenvalue weighted by Crippen LogP contribution is -2.14. The molecule has 0 saturated heterocycles. The highest BCUT2D eigenvalue weighted by molar-refractivity contribution is 5.94. The third-order valence-corrected chi connectivity index (χ3v) is 4.71. The number of hydrogen-bond donors (Lipinski definition) is 2. The molecule has 6 heteroatoms. The second kappa shape index (κ2) is 6.87. The van der Waals surface area contributed by atoms with Gasteiger partial charge in [0.2, 0.25) is 5.91 Å². The van der Waals surface area contributed by atoms with E-state index < -0.39 is 11.9 Å². The fourth-order valence-corrected chi connectivity index (χ4v) is 3.40. The first-order valence-corrected chi connectivity index (χ1v) is 8.41. The Morgan fingerprint density at radius 3 is 2.62 bits per heavy atom. The largest absolute Gasteiger partial charge is 0.431 e. The van der Waals surface area contributed by atoms with Crippen LogP contribution in [0.2, 0.25) is 0 Å². The van der Waals surface area contributed by atoms with E-state index in [1.54, 1.807) is 18.2 Å². The number of alkyl halides is 3. The number of hydrogen-bond acceptors (Lipinski definition) is 1. The fraction of sp³-hybridized carbons (Fsp3) is 0.500. The van der Waals surface area contributed by atoms with Crippen molar-refractivity contribution < 1.29 is 18.0 Å². The van der Waals surface area contributed by atoms with Gasteiger partial charge >= 0.3 is 6.18 Å². The molecule has 1 fully saturated rings. The number of anilines is 1. The summed E-state index contributed by atoms with van der Waals surface area (Å²) in [6, 6.07) is 5.81. The molecule has 2 aromatic rings. The molecule has 1 aromatic heterocycles. The zero-order chi connectivity index (χ0) is 17.2. The molecular formula is C18H21F3N2O. The van der Waals surface area contributed by atoms with Crippen LogP contribution in [0.1, 0.15) is 50.6 Å². The topological polar surface area (TPSA) is 44.9 Å². The van der Waals surface area contributed by atoms with Crippen molar-refractivity contribution in [2.75, 3.05) is 5.32 Å². The van der Waals surface area contributed by atoms with Crippen LogP contribution in [0.5, 0.6) is 0 Å². The van der Waals surface area contributed by atoms with Crippen LogP contribution in [0.15, 0.2) is 24.3 Å². The number of aromatic amines is 1. The number of halogens is 3. The smallest absolute Gasteiger partial charge is 0.351 e. The maximum absolute atomic E-state index is 12.7. The first-order chi connectivity index (χ1) is 11.4. The van der Waals surface area contributed by atoms with E-state index in [0.29, 0.717) is 28.9 Å².